The van der Waals surface area contributed by atoms with Gasteiger partial charge in [0, 0.05) is 23.4 Å². The van der Waals surface area contributed by atoms with Crippen molar-refractivity contribution in [1.29, 1.82) is 0 Å². The van der Waals surface area contributed by atoms with E-state index in [-0.39, 0.29) is 0 Å². The summed E-state index contributed by atoms with van der Waals surface area (Å²) in [5.41, 5.74) is 2.43. The van der Waals surface area contributed by atoms with E-state index in [1.54, 1.807) is 6.20 Å². The van der Waals surface area contributed by atoms with Gasteiger partial charge in [0.25, 0.3) is 0 Å². The van der Waals surface area contributed by atoms with Crippen LogP contribution in [-0.2, 0) is 6.54 Å². The molecule has 0 bridgehead atoms. The number of rotatable bonds is 5. The molecule has 3 rings (SSSR count). The Morgan fingerprint density at radius 2 is 1.74 bits per heavy atom. The van der Waals surface area contributed by atoms with Gasteiger partial charge in [0.2, 0.25) is 0 Å². The van der Waals surface area contributed by atoms with Crippen LogP contribution in [0.3, 0.4) is 0 Å². The van der Waals surface area contributed by atoms with Gasteiger partial charge < -0.3 is 9.30 Å². The minimum atomic E-state index is 0.827. The minimum absolute atomic E-state index is 0.827. The van der Waals surface area contributed by atoms with E-state index in [4.69, 9.17) is 4.74 Å². The zero-order valence-electron chi connectivity index (χ0n) is 12.8. The smallest absolute Gasteiger partial charge is 0.127 e. The molecule has 3 aromatic rings. The quantitative estimate of drug-likeness (QED) is 0.590. The SMILES string of the molecule is CC(=Cc1ccc(Oc2ccc(Br)cc2)cc1)Cn1ccnc1. The molecule has 0 atom stereocenters. The molecule has 3 nitrogen and oxygen atoms in total. The third-order valence-electron chi connectivity index (χ3n) is 3.33. The fourth-order valence-electron chi connectivity index (χ4n) is 2.27. The number of ether oxygens (including phenoxy) is 1. The second kappa shape index (κ2) is 7.29. The van der Waals surface area contributed by atoms with E-state index < -0.39 is 0 Å². The Kier molecular flexibility index (Phi) is 4.93. The largest absolute Gasteiger partial charge is 0.457 e. The van der Waals surface area contributed by atoms with Crippen LogP contribution in [0.2, 0.25) is 0 Å². The van der Waals surface area contributed by atoms with Gasteiger partial charge in [0.05, 0.1) is 6.33 Å². The lowest BCUT2D eigenvalue weighted by atomic mass is 10.1. The molecule has 0 aliphatic carbocycles. The van der Waals surface area contributed by atoms with Crippen LogP contribution < -0.4 is 4.74 Å². The molecule has 0 amide bonds. The normalized spacial score (nSPS) is 11.5. The van der Waals surface area contributed by atoms with Gasteiger partial charge in [-0.2, -0.15) is 0 Å². The summed E-state index contributed by atoms with van der Waals surface area (Å²) in [5.74, 6) is 1.66. The number of halogens is 1. The Morgan fingerprint density at radius 3 is 2.35 bits per heavy atom. The second-order valence-corrected chi connectivity index (χ2v) is 6.27. The number of nitrogens with zero attached hydrogens (tertiary/aromatic N) is 2. The number of hydrogen-bond donors (Lipinski definition) is 0. The first-order valence-electron chi connectivity index (χ1n) is 7.35. The molecule has 4 heteroatoms. The zero-order chi connectivity index (χ0) is 16.1. The predicted molar refractivity (Wildman–Crippen MR) is 96.5 cm³/mol. The molecule has 1 heterocycles. The molecule has 23 heavy (non-hydrogen) atoms. The molecule has 0 aliphatic heterocycles. The lowest BCUT2D eigenvalue weighted by molar-refractivity contribution is 0.482. The molecule has 0 fully saturated rings. The van der Waals surface area contributed by atoms with E-state index in [9.17, 15) is 0 Å². The fraction of sp³-hybridized carbons (Fsp3) is 0.105. The summed E-state index contributed by atoms with van der Waals surface area (Å²) < 4.78 is 8.92. The van der Waals surface area contributed by atoms with E-state index in [0.29, 0.717) is 0 Å². The van der Waals surface area contributed by atoms with E-state index in [0.717, 1.165) is 28.1 Å². The zero-order valence-corrected chi connectivity index (χ0v) is 14.4. The van der Waals surface area contributed by atoms with E-state index in [1.165, 1.54) is 5.57 Å². The third-order valence-corrected chi connectivity index (χ3v) is 3.86. The Hall–Kier alpha value is -2.33. The van der Waals surface area contributed by atoms with Crippen molar-refractivity contribution in [2.24, 2.45) is 0 Å². The van der Waals surface area contributed by atoms with Crippen LogP contribution in [0, 0.1) is 0 Å². The maximum atomic E-state index is 5.82. The van der Waals surface area contributed by atoms with Crippen LogP contribution in [0.5, 0.6) is 11.5 Å². The van der Waals surface area contributed by atoms with Crippen LogP contribution in [0.25, 0.3) is 6.08 Å². The van der Waals surface area contributed by atoms with E-state index >= 15 is 0 Å². The van der Waals surface area contributed by atoms with Gasteiger partial charge >= 0.3 is 0 Å². The van der Waals surface area contributed by atoms with Crippen LogP contribution in [0.1, 0.15) is 12.5 Å². The average molecular weight is 369 g/mol. The van der Waals surface area contributed by atoms with Gasteiger partial charge in [-0.1, -0.05) is 39.7 Å². The minimum Gasteiger partial charge on any atom is -0.457 e. The van der Waals surface area contributed by atoms with Crippen molar-refractivity contribution in [3.05, 3.63) is 82.9 Å². The van der Waals surface area contributed by atoms with Gasteiger partial charge in [-0.3, -0.25) is 0 Å². The molecule has 1 aromatic heterocycles. The van der Waals surface area contributed by atoms with Gasteiger partial charge in [0.1, 0.15) is 11.5 Å². The van der Waals surface area contributed by atoms with Gasteiger partial charge in [0.15, 0.2) is 0 Å². The Balaban J connectivity index is 1.65. The topological polar surface area (TPSA) is 27.1 Å². The summed E-state index contributed by atoms with van der Waals surface area (Å²) in [4.78, 5) is 4.06. The highest BCUT2D eigenvalue weighted by Crippen LogP contribution is 2.24. The summed E-state index contributed by atoms with van der Waals surface area (Å²) in [6.07, 6.45) is 7.75. The molecule has 0 aliphatic rings. The van der Waals surface area contributed by atoms with Crippen molar-refractivity contribution in [1.82, 2.24) is 9.55 Å². The highest BCUT2D eigenvalue weighted by Gasteiger charge is 1.98. The summed E-state index contributed by atoms with van der Waals surface area (Å²) >= 11 is 3.42. The van der Waals surface area contributed by atoms with Gasteiger partial charge in [-0.15, -0.1) is 0 Å². The molecule has 116 valence electrons. The standard InChI is InChI=1S/C19H17BrN2O/c1-15(13-22-11-10-21-14-22)12-16-2-6-18(7-3-16)23-19-8-4-17(20)5-9-19/h2-12,14H,13H2,1H3. The first-order chi connectivity index (χ1) is 11.2. The summed E-state index contributed by atoms with van der Waals surface area (Å²) in [6, 6.07) is 15.9. The first kappa shape index (κ1) is 15.6. The maximum absolute atomic E-state index is 5.82. The molecule has 0 saturated carbocycles. The summed E-state index contributed by atoms with van der Waals surface area (Å²) in [7, 11) is 0. The molecule has 2 aromatic carbocycles. The maximum Gasteiger partial charge on any atom is 0.127 e. The number of imidazole rings is 1. The Bertz CT molecular complexity index is 775. The summed E-state index contributed by atoms with van der Waals surface area (Å²) in [6.45, 7) is 2.96. The summed E-state index contributed by atoms with van der Waals surface area (Å²) in [5, 5.41) is 0. The van der Waals surface area contributed by atoms with Crippen LogP contribution >= 0.6 is 15.9 Å². The van der Waals surface area contributed by atoms with Crippen molar-refractivity contribution < 1.29 is 4.74 Å². The fourth-order valence-corrected chi connectivity index (χ4v) is 2.53. The number of aromatic nitrogens is 2. The van der Waals surface area contributed by atoms with Gasteiger partial charge in [-0.25, -0.2) is 4.98 Å². The Labute approximate surface area is 144 Å². The van der Waals surface area contributed by atoms with Crippen molar-refractivity contribution in [3.63, 3.8) is 0 Å². The lowest BCUT2D eigenvalue weighted by Crippen LogP contribution is -1.95. The third kappa shape index (κ3) is 4.57. The predicted octanol–water partition coefficient (Wildman–Crippen LogP) is 5.54. The lowest BCUT2D eigenvalue weighted by Gasteiger charge is -2.07. The van der Waals surface area contributed by atoms with Crippen molar-refractivity contribution in [2.45, 2.75) is 13.5 Å². The van der Waals surface area contributed by atoms with E-state index in [2.05, 4.69) is 50.6 Å². The first-order valence-corrected chi connectivity index (χ1v) is 8.15. The molecule has 0 spiro atoms. The Morgan fingerprint density at radius 1 is 1.09 bits per heavy atom. The van der Waals surface area contributed by atoms with Crippen molar-refractivity contribution in [2.75, 3.05) is 0 Å². The second-order valence-electron chi connectivity index (χ2n) is 5.35. The molecule has 0 N–H and O–H groups in total. The number of allylic oxidation sites excluding steroid dienone is 1. The number of hydrogen-bond acceptors (Lipinski definition) is 2. The highest BCUT2D eigenvalue weighted by molar-refractivity contribution is 9.10. The van der Waals surface area contributed by atoms with Crippen LogP contribution in [-0.4, -0.2) is 9.55 Å². The van der Waals surface area contributed by atoms with Crippen molar-refractivity contribution in [3.8, 4) is 11.5 Å². The van der Waals surface area contributed by atoms with Gasteiger partial charge in [-0.05, 0) is 48.9 Å². The highest BCUT2D eigenvalue weighted by atomic mass is 79.9. The van der Waals surface area contributed by atoms with Crippen LogP contribution in [0.15, 0.2) is 77.3 Å². The van der Waals surface area contributed by atoms with Crippen molar-refractivity contribution >= 4 is 22.0 Å². The molecule has 0 radical (unpaired) electrons. The van der Waals surface area contributed by atoms with E-state index in [1.807, 2.05) is 48.9 Å². The van der Waals surface area contributed by atoms with Crippen LogP contribution in [0.4, 0.5) is 0 Å². The molecule has 0 unspecified atom stereocenters. The average Bonchev–Trinajstić information content (AvgIpc) is 3.04. The number of benzene rings is 2. The molecular formula is C19H17BrN2O. The molecular weight excluding hydrogens is 352 g/mol. The monoisotopic (exact) mass is 368 g/mol. The molecule has 0 saturated heterocycles.